The zero-order valence-electron chi connectivity index (χ0n) is 12.4. The number of benzene rings is 1. The molecule has 0 spiro atoms. The first-order chi connectivity index (χ1) is 11.3. The second-order valence-corrected chi connectivity index (χ2v) is 4.85. The van der Waals surface area contributed by atoms with E-state index in [1.54, 1.807) is 30.5 Å². The zero-order valence-corrected chi connectivity index (χ0v) is 12.4. The predicted molar refractivity (Wildman–Crippen MR) is 87.1 cm³/mol. The summed E-state index contributed by atoms with van der Waals surface area (Å²) >= 11 is 0. The standard InChI is InChI=1S/C19H15NO3/c21-19(15-5-4-12-20-13-15)11-10-17-8-9-18(23-17)14-22-16-6-2-1-3-7-16/h1-13H,14H2/b11-10+. The van der Waals surface area contributed by atoms with Crippen molar-refractivity contribution in [3.05, 3.63) is 90.2 Å². The molecule has 2 heterocycles. The van der Waals surface area contributed by atoms with Crippen molar-refractivity contribution in [3.63, 3.8) is 0 Å². The number of rotatable bonds is 6. The van der Waals surface area contributed by atoms with Gasteiger partial charge in [-0.15, -0.1) is 0 Å². The van der Waals surface area contributed by atoms with Crippen LogP contribution >= 0.6 is 0 Å². The Labute approximate surface area is 134 Å². The summed E-state index contributed by atoms with van der Waals surface area (Å²) in [5.74, 6) is 1.97. The van der Waals surface area contributed by atoms with E-state index in [-0.39, 0.29) is 5.78 Å². The van der Waals surface area contributed by atoms with Crippen molar-refractivity contribution in [2.75, 3.05) is 0 Å². The Balaban J connectivity index is 1.59. The van der Waals surface area contributed by atoms with Crippen molar-refractivity contribution >= 4 is 11.9 Å². The number of carbonyl (C=O) groups excluding carboxylic acids is 1. The fourth-order valence-electron chi connectivity index (χ4n) is 2.00. The largest absolute Gasteiger partial charge is 0.486 e. The van der Waals surface area contributed by atoms with Gasteiger partial charge in [0.05, 0.1) is 0 Å². The summed E-state index contributed by atoms with van der Waals surface area (Å²) in [5, 5.41) is 0. The van der Waals surface area contributed by atoms with E-state index in [1.165, 1.54) is 12.3 Å². The second-order valence-electron chi connectivity index (χ2n) is 4.85. The highest BCUT2D eigenvalue weighted by Gasteiger charge is 2.03. The van der Waals surface area contributed by atoms with Crippen molar-refractivity contribution in [1.29, 1.82) is 0 Å². The van der Waals surface area contributed by atoms with Crippen molar-refractivity contribution in [1.82, 2.24) is 4.98 Å². The Kier molecular flexibility index (Phi) is 4.64. The highest BCUT2D eigenvalue weighted by atomic mass is 16.5. The van der Waals surface area contributed by atoms with E-state index in [9.17, 15) is 4.79 Å². The number of carbonyl (C=O) groups is 1. The molecular formula is C19H15NO3. The number of hydrogen-bond donors (Lipinski definition) is 0. The van der Waals surface area contributed by atoms with Crippen LogP contribution in [0.15, 0.2) is 77.5 Å². The monoisotopic (exact) mass is 305 g/mol. The topological polar surface area (TPSA) is 52.3 Å². The first kappa shape index (κ1) is 14.8. The molecule has 0 radical (unpaired) electrons. The molecule has 3 aromatic rings. The van der Waals surface area contributed by atoms with Crippen molar-refractivity contribution in [2.45, 2.75) is 6.61 Å². The van der Waals surface area contributed by atoms with Crippen LogP contribution in [0.3, 0.4) is 0 Å². The summed E-state index contributed by atoms with van der Waals surface area (Å²) in [7, 11) is 0. The van der Waals surface area contributed by atoms with Gasteiger partial charge in [-0.25, -0.2) is 0 Å². The molecule has 0 aliphatic carbocycles. The molecule has 4 heteroatoms. The predicted octanol–water partition coefficient (Wildman–Crippen LogP) is 4.15. The van der Waals surface area contributed by atoms with Crippen LogP contribution in [0.5, 0.6) is 5.75 Å². The van der Waals surface area contributed by atoms with Crippen LogP contribution in [0.25, 0.3) is 6.08 Å². The number of pyridine rings is 1. The Morgan fingerprint density at radius 3 is 2.74 bits per heavy atom. The lowest BCUT2D eigenvalue weighted by molar-refractivity contribution is 0.104. The first-order valence-corrected chi connectivity index (χ1v) is 7.20. The van der Waals surface area contributed by atoms with Gasteiger partial charge in [0.25, 0.3) is 0 Å². The number of hydrogen-bond acceptors (Lipinski definition) is 4. The van der Waals surface area contributed by atoms with E-state index in [2.05, 4.69) is 4.98 Å². The molecule has 0 N–H and O–H groups in total. The van der Waals surface area contributed by atoms with Gasteiger partial charge in [-0.1, -0.05) is 18.2 Å². The number of allylic oxidation sites excluding steroid dienone is 1. The number of furan rings is 1. The molecular weight excluding hydrogens is 290 g/mol. The third-order valence-electron chi connectivity index (χ3n) is 3.15. The number of nitrogens with zero attached hydrogens (tertiary/aromatic N) is 1. The maximum absolute atomic E-state index is 11.9. The fourth-order valence-corrected chi connectivity index (χ4v) is 2.00. The van der Waals surface area contributed by atoms with Gasteiger partial charge in [-0.2, -0.15) is 0 Å². The van der Waals surface area contributed by atoms with Crippen molar-refractivity contribution < 1.29 is 13.9 Å². The van der Waals surface area contributed by atoms with Gasteiger partial charge in [0.1, 0.15) is 23.9 Å². The van der Waals surface area contributed by atoms with Crippen LogP contribution in [0, 0.1) is 0 Å². The lowest BCUT2D eigenvalue weighted by Gasteiger charge is -2.02. The van der Waals surface area contributed by atoms with Crippen LogP contribution in [0.2, 0.25) is 0 Å². The molecule has 1 aromatic carbocycles. The second kappa shape index (κ2) is 7.22. The van der Waals surface area contributed by atoms with Gasteiger partial charge in [-0.05, 0) is 48.6 Å². The Hall–Kier alpha value is -3.14. The molecule has 0 aliphatic rings. The average Bonchev–Trinajstić information content (AvgIpc) is 3.07. The summed E-state index contributed by atoms with van der Waals surface area (Å²) in [5.41, 5.74) is 0.544. The molecule has 0 saturated carbocycles. The molecule has 0 fully saturated rings. The third kappa shape index (κ3) is 4.17. The molecule has 0 atom stereocenters. The van der Waals surface area contributed by atoms with E-state index < -0.39 is 0 Å². The molecule has 2 aromatic heterocycles. The van der Waals surface area contributed by atoms with Crippen LogP contribution in [0.4, 0.5) is 0 Å². The normalized spacial score (nSPS) is 10.8. The van der Waals surface area contributed by atoms with E-state index in [0.717, 1.165) is 5.75 Å². The molecule has 0 aliphatic heterocycles. The van der Waals surface area contributed by atoms with Gasteiger partial charge in [0.2, 0.25) is 0 Å². The molecule has 114 valence electrons. The Morgan fingerprint density at radius 2 is 1.96 bits per heavy atom. The fraction of sp³-hybridized carbons (Fsp3) is 0.0526. The number of para-hydroxylation sites is 1. The zero-order chi connectivity index (χ0) is 15.9. The van der Waals surface area contributed by atoms with Crippen LogP contribution in [0.1, 0.15) is 21.9 Å². The Morgan fingerprint density at radius 1 is 1.09 bits per heavy atom. The van der Waals surface area contributed by atoms with E-state index in [1.807, 2.05) is 36.4 Å². The van der Waals surface area contributed by atoms with E-state index in [4.69, 9.17) is 9.15 Å². The third-order valence-corrected chi connectivity index (χ3v) is 3.15. The van der Waals surface area contributed by atoms with Gasteiger partial charge in [-0.3, -0.25) is 9.78 Å². The van der Waals surface area contributed by atoms with Gasteiger partial charge >= 0.3 is 0 Å². The molecule has 23 heavy (non-hydrogen) atoms. The maximum Gasteiger partial charge on any atom is 0.187 e. The van der Waals surface area contributed by atoms with E-state index >= 15 is 0 Å². The van der Waals surface area contributed by atoms with Gasteiger partial charge in [0, 0.05) is 18.0 Å². The summed E-state index contributed by atoms with van der Waals surface area (Å²) < 4.78 is 11.2. The minimum absolute atomic E-state index is 0.114. The van der Waals surface area contributed by atoms with Crippen molar-refractivity contribution in [2.24, 2.45) is 0 Å². The quantitative estimate of drug-likeness (QED) is 0.507. The highest BCUT2D eigenvalue weighted by Crippen LogP contribution is 2.15. The summed E-state index contributed by atoms with van der Waals surface area (Å²) in [4.78, 5) is 15.9. The highest BCUT2D eigenvalue weighted by molar-refractivity contribution is 6.06. The lowest BCUT2D eigenvalue weighted by atomic mass is 10.2. The van der Waals surface area contributed by atoms with E-state index in [0.29, 0.717) is 23.7 Å². The molecule has 0 unspecified atom stereocenters. The molecule has 0 amide bonds. The Bertz CT molecular complexity index is 792. The summed E-state index contributed by atoms with van der Waals surface area (Å²) in [6, 6.07) is 16.6. The van der Waals surface area contributed by atoms with Gasteiger partial charge in [0.15, 0.2) is 5.78 Å². The number of aromatic nitrogens is 1. The molecule has 4 nitrogen and oxygen atoms in total. The van der Waals surface area contributed by atoms with Crippen LogP contribution in [-0.4, -0.2) is 10.8 Å². The average molecular weight is 305 g/mol. The van der Waals surface area contributed by atoms with Crippen molar-refractivity contribution in [3.8, 4) is 5.75 Å². The molecule has 0 saturated heterocycles. The minimum Gasteiger partial charge on any atom is -0.486 e. The molecule has 3 rings (SSSR count). The first-order valence-electron chi connectivity index (χ1n) is 7.20. The van der Waals surface area contributed by atoms with Crippen LogP contribution in [-0.2, 0) is 6.61 Å². The summed E-state index contributed by atoms with van der Waals surface area (Å²) in [6.45, 7) is 0.342. The minimum atomic E-state index is -0.114. The lowest BCUT2D eigenvalue weighted by Crippen LogP contribution is -1.94. The maximum atomic E-state index is 11.9. The summed E-state index contributed by atoms with van der Waals surface area (Å²) in [6.07, 6.45) is 6.28. The SMILES string of the molecule is O=C(/C=C/c1ccc(COc2ccccc2)o1)c1cccnc1. The smallest absolute Gasteiger partial charge is 0.187 e. The van der Waals surface area contributed by atoms with Gasteiger partial charge < -0.3 is 9.15 Å². The van der Waals surface area contributed by atoms with Crippen LogP contribution < -0.4 is 4.74 Å². The molecule has 0 bridgehead atoms. The number of ketones is 1. The number of ether oxygens (including phenoxy) is 1.